The van der Waals surface area contributed by atoms with Gasteiger partial charge in [-0.1, -0.05) is 30.3 Å². The Balaban J connectivity index is 2.15. The van der Waals surface area contributed by atoms with Crippen molar-refractivity contribution in [2.75, 3.05) is 13.2 Å². The summed E-state index contributed by atoms with van der Waals surface area (Å²) in [6.07, 6.45) is 1.09. The van der Waals surface area contributed by atoms with Crippen molar-refractivity contribution in [2.24, 2.45) is 0 Å². The molecule has 1 aliphatic heterocycles. The van der Waals surface area contributed by atoms with Gasteiger partial charge in [0, 0.05) is 0 Å². The summed E-state index contributed by atoms with van der Waals surface area (Å²) in [5.41, 5.74) is 0.889. The van der Waals surface area contributed by atoms with E-state index in [1.165, 1.54) is 0 Å². The Morgan fingerprint density at radius 2 is 2.06 bits per heavy atom. The summed E-state index contributed by atoms with van der Waals surface area (Å²) < 4.78 is 5.04. The average molecular weight is 296 g/mol. The summed E-state index contributed by atoms with van der Waals surface area (Å²) in [6.45, 7) is 0.561. The van der Waals surface area contributed by atoms with Gasteiger partial charge in [0.05, 0.1) is 11.0 Å². The number of hydrogen-bond acceptors (Lipinski definition) is 3. The van der Waals surface area contributed by atoms with Crippen LogP contribution in [0.4, 0.5) is 4.79 Å². The van der Waals surface area contributed by atoms with Crippen molar-refractivity contribution in [1.29, 1.82) is 0 Å². The van der Waals surface area contributed by atoms with E-state index in [-0.39, 0.29) is 12.5 Å². The summed E-state index contributed by atoms with van der Waals surface area (Å²) in [5.74, 6) is -0.378. The number of nitrogens with zero attached hydrogens (tertiary/aromatic N) is 1. The molecule has 0 bridgehead atoms. The quantitative estimate of drug-likeness (QED) is 0.787. The molecule has 0 radical (unpaired) electrons. The molecule has 0 spiro atoms. The molecule has 0 unspecified atom stereocenters. The lowest BCUT2D eigenvalue weighted by Gasteiger charge is -2.09. The zero-order valence-electron chi connectivity index (χ0n) is 8.93. The second-order valence-electron chi connectivity index (χ2n) is 3.47. The fourth-order valence-corrected chi connectivity index (χ4v) is 1.94. The second-order valence-corrected chi connectivity index (χ2v) is 4.33. The summed E-state index contributed by atoms with van der Waals surface area (Å²) in [6, 6.07) is 9.39. The second kappa shape index (κ2) is 5.14. The van der Waals surface area contributed by atoms with Crippen LogP contribution in [0.25, 0.3) is 6.08 Å². The third kappa shape index (κ3) is 2.74. The highest BCUT2D eigenvalue weighted by Crippen LogP contribution is 2.17. The molecule has 17 heavy (non-hydrogen) atoms. The minimum absolute atomic E-state index is 0.260. The van der Waals surface area contributed by atoms with Gasteiger partial charge in [-0.15, -0.1) is 0 Å². The summed E-state index contributed by atoms with van der Waals surface area (Å²) >= 11 is 3.18. The van der Waals surface area contributed by atoms with Crippen LogP contribution >= 0.6 is 15.9 Å². The molecule has 1 fully saturated rings. The van der Waals surface area contributed by atoms with Crippen LogP contribution in [0.1, 0.15) is 5.56 Å². The molecular weight excluding hydrogens is 286 g/mol. The van der Waals surface area contributed by atoms with Crippen molar-refractivity contribution in [3.63, 3.8) is 0 Å². The monoisotopic (exact) mass is 295 g/mol. The molecule has 0 aromatic heterocycles. The maximum atomic E-state index is 11.9. The molecule has 0 N–H and O–H groups in total. The van der Waals surface area contributed by atoms with E-state index in [4.69, 9.17) is 4.74 Å². The molecule has 0 aliphatic carbocycles. The molecule has 4 nitrogen and oxygen atoms in total. The predicted octanol–water partition coefficient (Wildman–Crippen LogP) is 2.40. The highest BCUT2D eigenvalue weighted by atomic mass is 79.9. The first-order chi connectivity index (χ1) is 8.18. The molecule has 5 heteroatoms. The van der Waals surface area contributed by atoms with Gasteiger partial charge in [-0.2, -0.15) is 0 Å². The maximum absolute atomic E-state index is 11.9. The molecule has 1 saturated heterocycles. The van der Waals surface area contributed by atoms with Crippen LogP contribution in [0, 0.1) is 0 Å². The van der Waals surface area contributed by atoms with Gasteiger partial charge < -0.3 is 4.74 Å². The SMILES string of the molecule is O=C1OCCN1C(=O)/C(Br)=C/c1ccccc1. The zero-order valence-corrected chi connectivity index (χ0v) is 10.5. The first-order valence-corrected chi connectivity index (χ1v) is 5.88. The Morgan fingerprint density at radius 3 is 2.65 bits per heavy atom. The standard InChI is InChI=1S/C12H10BrNO3/c13-10(8-9-4-2-1-3-5-9)11(15)14-6-7-17-12(14)16/h1-5,8H,6-7H2/b10-8-. The van der Waals surface area contributed by atoms with Crippen LogP contribution in [0.2, 0.25) is 0 Å². The zero-order chi connectivity index (χ0) is 12.3. The van der Waals surface area contributed by atoms with Crippen LogP contribution in [-0.4, -0.2) is 30.1 Å². The van der Waals surface area contributed by atoms with E-state index < -0.39 is 6.09 Å². The molecule has 0 atom stereocenters. The highest BCUT2D eigenvalue weighted by molar-refractivity contribution is 9.12. The van der Waals surface area contributed by atoms with Gasteiger partial charge in [0.1, 0.15) is 6.61 Å². The van der Waals surface area contributed by atoms with Crippen LogP contribution in [-0.2, 0) is 9.53 Å². The summed E-state index contributed by atoms with van der Waals surface area (Å²) in [5, 5.41) is 0. The van der Waals surface area contributed by atoms with E-state index >= 15 is 0 Å². The Bertz CT molecular complexity index is 470. The normalized spacial score (nSPS) is 15.9. The molecule has 1 aromatic carbocycles. The van der Waals surface area contributed by atoms with E-state index in [0.29, 0.717) is 11.0 Å². The predicted molar refractivity (Wildman–Crippen MR) is 66.4 cm³/mol. The molecule has 2 rings (SSSR count). The van der Waals surface area contributed by atoms with E-state index in [1.807, 2.05) is 30.3 Å². The summed E-state index contributed by atoms with van der Waals surface area (Å²) in [4.78, 5) is 24.2. The van der Waals surface area contributed by atoms with Gasteiger partial charge >= 0.3 is 6.09 Å². The number of benzene rings is 1. The topological polar surface area (TPSA) is 46.6 Å². The first kappa shape index (κ1) is 11.9. The molecule has 1 heterocycles. The fourth-order valence-electron chi connectivity index (χ4n) is 1.46. The number of amides is 2. The Kier molecular flexibility index (Phi) is 3.58. The van der Waals surface area contributed by atoms with Crippen LogP contribution in [0.5, 0.6) is 0 Å². The van der Waals surface area contributed by atoms with Crippen molar-refractivity contribution in [3.8, 4) is 0 Å². The van der Waals surface area contributed by atoms with Crippen molar-refractivity contribution >= 4 is 34.0 Å². The smallest absolute Gasteiger partial charge is 0.416 e. The number of halogens is 1. The minimum Gasteiger partial charge on any atom is -0.447 e. The van der Waals surface area contributed by atoms with E-state index in [1.54, 1.807) is 6.08 Å². The van der Waals surface area contributed by atoms with E-state index in [0.717, 1.165) is 10.5 Å². The highest BCUT2D eigenvalue weighted by Gasteiger charge is 2.29. The fraction of sp³-hybridized carbons (Fsp3) is 0.167. The third-order valence-electron chi connectivity index (χ3n) is 2.30. The van der Waals surface area contributed by atoms with Gasteiger partial charge in [0.15, 0.2) is 0 Å². The summed E-state index contributed by atoms with van der Waals surface area (Å²) in [7, 11) is 0. The molecule has 1 aliphatic rings. The van der Waals surface area contributed by atoms with Gasteiger partial charge in [0.25, 0.3) is 5.91 Å². The van der Waals surface area contributed by atoms with Crippen LogP contribution in [0.3, 0.4) is 0 Å². The van der Waals surface area contributed by atoms with Crippen LogP contribution < -0.4 is 0 Å². The van der Waals surface area contributed by atoms with Gasteiger partial charge in [-0.25, -0.2) is 9.69 Å². The minimum atomic E-state index is -0.589. The Hall–Kier alpha value is -1.62. The Morgan fingerprint density at radius 1 is 1.35 bits per heavy atom. The van der Waals surface area contributed by atoms with E-state index in [9.17, 15) is 9.59 Å². The van der Waals surface area contributed by atoms with Crippen molar-refractivity contribution in [2.45, 2.75) is 0 Å². The lowest BCUT2D eigenvalue weighted by atomic mass is 10.2. The lowest BCUT2D eigenvalue weighted by Crippen LogP contribution is -2.31. The molecule has 88 valence electrons. The van der Waals surface area contributed by atoms with Gasteiger partial charge in [-0.3, -0.25) is 4.79 Å². The Labute approximate surface area is 107 Å². The van der Waals surface area contributed by atoms with Crippen molar-refractivity contribution < 1.29 is 14.3 Å². The number of hydrogen-bond donors (Lipinski definition) is 0. The maximum Gasteiger partial charge on any atom is 0.416 e. The number of carbonyl (C=O) groups excluding carboxylic acids is 2. The number of ether oxygens (including phenoxy) is 1. The number of carbonyl (C=O) groups is 2. The van der Waals surface area contributed by atoms with Gasteiger partial charge in [0.2, 0.25) is 0 Å². The third-order valence-corrected chi connectivity index (χ3v) is 2.87. The molecule has 0 saturated carbocycles. The molecule has 2 amide bonds. The number of rotatable bonds is 2. The molecular formula is C12H10BrNO3. The van der Waals surface area contributed by atoms with E-state index in [2.05, 4.69) is 15.9 Å². The first-order valence-electron chi connectivity index (χ1n) is 5.09. The van der Waals surface area contributed by atoms with Crippen molar-refractivity contribution in [3.05, 3.63) is 40.4 Å². The van der Waals surface area contributed by atoms with Crippen molar-refractivity contribution in [1.82, 2.24) is 4.90 Å². The van der Waals surface area contributed by atoms with Gasteiger partial charge in [-0.05, 0) is 27.6 Å². The average Bonchev–Trinajstić information content (AvgIpc) is 2.76. The number of imide groups is 1. The lowest BCUT2D eigenvalue weighted by molar-refractivity contribution is -0.122. The largest absolute Gasteiger partial charge is 0.447 e. The van der Waals surface area contributed by atoms with Crippen LogP contribution in [0.15, 0.2) is 34.8 Å². The molecule has 1 aromatic rings. The number of cyclic esters (lactones) is 1.